The minimum atomic E-state index is 0.825. The Kier molecular flexibility index (Phi) is 8.07. The number of hydrogen-bond acceptors (Lipinski definition) is 4. The van der Waals surface area contributed by atoms with Crippen molar-refractivity contribution < 1.29 is 0 Å². The number of unbranched alkanes of at least 4 members (excludes halogenated alkanes) is 2. The topological polar surface area (TPSA) is 49.4 Å². The number of benzene rings is 4. The van der Waals surface area contributed by atoms with Crippen LogP contribution in [-0.2, 0) is 6.42 Å². The van der Waals surface area contributed by atoms with E-state index in [1.54, 1.807) is 0 Å². The molecule has 0 aliphatic carbocycles. The lowest BCUT2D eigenvalue weighted by atomic mass is 10.1. The van der Waals surface area contributed by atoms with E-state index in [1.807, 2.05) is 60.7 Å². The standard InChI is InChI=1S/C30H30N4/c1-3-4-5-6-24-9-17-28(18-10-24)32-34-30-21-13-26(14-22-30)25-11-19-29(20-12-25)33-31-27-15-7-23(2)8-16-27/h7-22H,3-6H2,1-2H3. The fourth-order valence-electron chi connectivity index (χ4n) is 3.59. The number of nitrogens with zero attached hydrogens (tertiary/aromatic N) is 4. The van der Waals surface area contributed by atoms with Crippen molar-refractivity contribution in [3.63, 3.8) is 0 Å². The molecule has 0 fully saturated rings. The predicted molar refractivity (Wildman–Crippen MR) is 141 cm³/mol. The van der Waals surface area contributed by atoms with Crippen LogP contribution in [0, 0.1) is 6.92 Å². The largest absolute Gasteiger partial charge is 0.151 e. The van der Waals surface area contributed by atoms with Crippen molar-refractivity contribution >= 4 is 22.7 Å². The second-order valence-corrected chi connectivity index (χ2v) is 8.45. The monoisotopic (exact) mass is 446 g/mol. The molecule has 4 heteroatoms. The molecule has 0 aliphatic rings. The average Bonchev–Trinajstić information content (AvgIpc) is 2.89. The summed E-state index contributed by atoms with van der Waals surface area (Å²) in [4.78, 5) is 0. The lowest BCUT2D eigenvalue weighted by Gasteiger charge is -2.03. The molecule has 0 unspecified atom stereocenters. The highest BCUT2D eigenvalue weighted by molar-refractivity contribution is 5.67. The Labute approximate surface area is 202 Å². The molecule has 0 spiro atoms. The maximum Gasteiger partial charge on any atom is 0.0857 e. The third kappa shape index (κ3) is 6.79. The van der Waals surface area contributed by atoms with Crippen LogP contribution in [0.5, 0.6) is 0 Å². The summed E-state index contributed by atoms with van der Waals surface area (Å²) in [5, 5.41) is 17.4. The van der Waals surface area contributed by atoms with Crippen molar-refractivity contribution in [2.75, 3.05) is 0 Å². The highest BCUT2D eigenvalue weighted by Gasteiger charge is 2.00. The molecule has 0 aliphatic heterocycles. The Bertz CT molecular complexity index is 1220. The molecule has 0 saturated heterocycles. The van der Waals surface area contributed by atoms with Crippen molar-refractivity contribution in [3.8, 4) is 11.1 Å². The number of aryl methyl sites for hydroxylation is 2. The molecular weight excluding hydrogens is 416 g/mol. The molecule has 0 N–H and O–H groups in total. The van der Waals surface area contributed by atoms with Gasteiger partial charge >= 0.3 is 0 Å². The normalized spacial score (nSPS) is 11.5. The molecule has 4 aromatic rings. The van der Waals surface area contributed by atoms with Crippen LogP contribution in [0.3, 0.4) is 0 Å². The van der Waals surface area contributed by atoms with Gasteiger partial charge in [-0.1, -0.05) is 73.9 Å². The third-order valence-corrected chi connectivity index (χ3v) is 5.67. The summed E-state index contributed by atoms with van der Waals surface area (Å²) in [6.07, 6.45) is 4.89. The molecule has 0 bridgehead atoms. The van der Waals surface area contributed by atoms with Gasteiger partial charge in [-0.05, 0) is 85.0 Å². The summed E-state index contributed by atoms with van der Waals surface area (Å²) < 4.78 is 0. The molecule has 4 rings (SSSR count). The summed E-state index contributed by atoms with van der Waals surface area (Å²) in [6, 6.07) is 32.6. The molecule has 0 atom stereocenters. The molecule has 34 heavy (non-hydrogen) atoms. The SMILES string of the molecule is CCCCCc1ccc(N=Nc2ccc(-c3ccc(N=Nc4ccc(C)cc4)cc3)cc2)cc1. The van der Waals surface area contributed by atoms with Crippen LogP contribution in [0.2, 0.25) is 0 Å². The highest BCUT2D eigenvalue weighted by atomic mass is 15.1. The lowest BCUT2D eigenvalue weighted by Crippen LogP contribution is -1.83. The van der Waals surface area contributed by atoms with Gasteiger partial charge in [-0.3, -0.25) is 0 Å². The molecule has 0 aromatic heterocycles. The van der Waals surface area contributed by atoms with Crippen LogP contribution >= 0.6 is 0 Å². The molecule has 4 aromatic carbocycles. The van der Waals surface area contributed by atoms with Gasteiger partial charge in [0.25, 0.3) is 0 Å². The molecular formula is C30H30N4. The van der Waals surface area contributed by atoms with Gasteiger partial charge < -0.3 is 0 Å². The summed E-state index contributed by atoms with van der Waals surface area (Å²) in [5.41, 5.74) is 8.20. The average molecular weight is 447 g/mol. The van der Waals surface area contributed by atoms with Gasteiger partial charge in [-0.25, -0.2) is 0 Å². The molecule has 170 valence electrons. The van der Waals surface area contributed by atoms with Crippen molar-refractivity contribution in [1.82, 2.24) is 0 Å². The first kappa shape index (κ1) is 23.2. The van der Waals surface area contributed by atoms with E-state index in [4.69, 9.17) is 0 Å². The van der Waals surface area contributed by atoms with Crippen molar-refractivity contribution in [3.05, 3.63) is 108 Å². The van der Waals surface area contributed by atoms with Crippen LogP contribution < -0.4 is 0 Å². The molecule has 0 radical (unpaired) electrons. The van der Waals surface area contributed by atoms with Gasteiger partial charge in [0, 0.05) is 0 Å². The lowest BCUT2D eigenvalue weighted by molar-refractivity contribution is 0.717. The van der Waals surface area contributed by atoms with Crippen molar-refractivity contribution in [2.24, 2.45) is 20.5 Å². The number of rotatable bonds is 9. The second-order valence-electron chi connectivity index (χ2n) is 8.45. The fraction of sp³-hybridized carbons (Fsp3) is 0.200. The zero-order valence-electron chi connectivity index (χ0n) is 19.9. The Morgan fingerprint density at radius 1 is 0.471 bits per heavy atom. The zero-order chi connectivity index (χ0) is 23.6. The van der Waals surface area contributed by atoms with Gasteiger partial charge in [0.15, 0.2) is 0 Å². The number of hydrogen-bond donors (Lipinski definition) is 0. The molecule has 4 nitrogen and oxygen atoms in total. The van der Waals surface area contributed by atoms with Gasteiger partial charge in [-0.2, -0.15) is 20.5 Å². The molecule has 0 amide bonds. The molecule has 0 saturated carbocycles. The van der Waals surface area contributed by atoms with Crippen LogP contribution in [0.25, 0.3) is 11.1 Å². The summed E-state index contributed by atoms with van der Waals surface area (Å²) >= 11 is 0. The Hall–Kier alpha value is -3.92. The third-order valence-electron chi connectivity index (χ3n) is 5.67. The maximum atomic E-state index is 4.39. The smallest absolute Gasteiger partial charge is 0.0857 e. The Morgan fingerprint density at radius 3 is 1.26 bits per heavy atom. The minimum Gasteiger partial charge on any atom is -0.151 e. The fourth-order valence-corrected chi connectivity index (χ4v) is 3.59. The Morgan fingerprint density at radius 2 is 0.853 bits per heavy atom. The quantitative estimate of drug-likeness (QED) is 0.181. The maximum absolute atomic E-state index is 4.39. The van der Waals surface area contributed by atoms with Gasteiger partial charge in [0.05, 0.1) is 22.7 Å². The van der Waals surface area contributed by atoms with Crippen LogP contribution in [0.15, 0.2) is 118 Å². The van der Waals surface area contributed by atoms with Crippen LogP contribution in [0.4, 0.5) is 22.7 Å². The van der Waals surface area contributed by atoms with Gasteiger partial charge in [0.2, 0.25) is 0 Å². The zero-order valence-corrected chi connectivity index (χ0v) is 19.9. The first-order chi connectivity index (χ1) is 16.7. The van der Waals surface area contributed by atoms with Crippen LogP contribution in [-0.4, -0.2) is 0 Å². The van der Waals surface area contributed by atoms with Crippen LogP contribution in [0.1, 0.15) is 37.3 Å². The summed E-state index contributed by atoms with van der Waals surface area (Å²) in [5.74, 6) is 0. The van der Waals surface area contributed by atoms with E-state index in [9.17, 15) is 0 Å². The first-order valence-electron chi connectivity index (χ1n) is 11.9. The van der Waals surface area contributed by atoms with E-state index < -0.39 is 0 Å². The van der Waals surface area contributed by atoms with E-state index in [0.717, 1.165) is 40.3 Å². The second kappa shape index (κ2) is 11.8. The summed E-state index contributed by atoms with van der Waals surface area (Å²) in [7, 11) is 0. The van der Waals surface area contributed by atoms with E-state index in [0.29, 0.717) is 0 Å². The number of azo groups is 2. The van der Waals surface area contributed by atoms with Crippen molar-refractivity contribution in [1.29, 1.82) is 0 Å². The van der Waals surface area contributed by atoms with Gasteiger partial charge in [-0.15, -0.1) is 0 Å². The first-order valence-corrected chi connectivity index (χ1v) is 11.9. The summed E-state index contributed by atoms with van der Waals surface area (Å²) in [6.45, 7) is 4.29. The Balaban J connectivity index is 1.35. The van der Waals surface area contributed by atoms with Gasteiger partial charge in [0.1, 0.15) is 0 Å². The predicted octanol–water partition coefficient (Wildman–Crippen LogP) is 10.2. The minimum absolute atomic E-state index is 0.825. The molecule has 0 heterocycles. The van der Waals surface area contributed by atoms with E-state index >= 15 is 0 Å². The highest BCUT2D eigenvalue weighted by Crippen LogP contribution is 2.27. The van der Waals surface area contributed by atoms with Crippen molar-refractivity contribution in [2.45, 2.75) is 39.5 Å². The van der Waals surface area contributed by atoms with E-state index in [-0.39, 0.29) is 0 Å². The van der Waals surface area contributed by atoms with E-state index in [1.165, 1.54) is 30.4 Å². The van der Waals surface area contributed by atoms with E-state index in [2.05, 4.69) is 70.7 Å².